The van der Waals surface area contributed by atoms with Crippen molar-refractivity contribution in [2.75, 3.05) is 0 Å². The highest BCUT2D eigenvalue weighted by Gasteiger charge is 2.84. The minimum Gasteiger partial charge on any atom is -0.743 e. The van der Waals surface area contributed by atoms with E-state index >= 15 is 0 Å². The first kappa shape index (κ1) is 42.5. The first-order valence-corrected chi connectivity index (χ1v) is 18.9. The number of alkyl halides is 13. The van der Waals surface area contributed by atoms with Crippen molar-refractivity contribution in [1.29, 1.82) is 0 Å². The lowest BCUT2D eigenvalue weighted by molar-refractivity contribution is -0.382. The molecule has 2 bridgehead atoms. The van der Waals surface area contributed by atoms with Gasteiger partial charge in [-0.3, -0.25) is 0 Å². The summed E-state index contributed by atoms with van der Waals surface area (Å²) in [5, 5.41) is -12.5. The van der Waals surface area contributed by atoms with Gasteiger partial charge >= 0.3 is 44.6 Å². The molecule has 5 rings (SSSR count). The zero-order valence-corrected chi connectivity index (χ0v) is 28.7. The molecule has 0 saturated heterocycles. The minimum atomic E-state index is -7.43. The molecule has 22 heteroatoms. The second kappa shape index (κ2) is 14.4. The molecular weight excluding hydrogens is 812 g/mol. The summed E-state index contributed by atoms with van der Waals surface area (Å²) in [6, 6.07) is 24.8. The Balaban J connectivity index is 0.000000313. The molecule has 0 radical (unpaired) electrons. The standard InChI is InChI=1S/C27H25F4O3S2.C4HF9O3S/c28-26(29,25-18-19-11-12-20(25)17-19)27(30,31)36(32,33)34-21-13-15-24(16-14-21)35(22-7-3-1-4-8-22)23-9-5-2-6-10-23;5-1(6,3(9,10)11)2(7,8)4(12,13)17(14,15)16/h1-10,13-16,19-20,25H,11-12,17-18H2;(H,14,15,16)/q+1;/p-1. The molecular formula is C31H25F13O6S3. The molecule has 3 unspecified atom stereocenters. The van der Waals surface area contributed by atoms with Gasteiger partial charge in [0.1, 0.15) is 5.75 Å². The zero-order chi connectivity index (χ0) is 40.1. The number of rotatable bonds is 11. The molecule has 294 valence electrons. The second-order valence-electron chi connectivity index (χ2n) is 12.0. The van der Waals surface area contributed by atoms with Gasteiger partial charge in [0.05, 0.1) is 10.9 Å². The van der Waals surface area contributed by atoms with Crippen LogP contribution in [0.15, 0.2) is 99.6 Å². The molecule has 3 aromatic carbocycles. The maximum absolute atomic E-state index is 14.9. The van der Waals surface area contributed by atoms with Gasteiger partial charge in [-0.05, 0) is 79.6 Å². The third-order valence-corrected chi connectivity index (χ3v) is 13.0. The molecule has 0 N–H and O–H groups in total. The van der Waals surface area contributed by atoms with Gasteiger partial charge in [-0.15, -0.1) is 0 Å². The highest BCUT2D eigenvalue weighted by Crippen LogP contribution is 2.58. The second-order valence-corrected chi connectivity index (χ2v) is 17.0. The normalized spacial score (nSPS) is 20.2. The lowest BCUT2D eigenvalue weighted by Crippen LogP contribution is -2.63. The molecule has 0 aliphatic heterocycles. The molecule has 6 nitrogen and oxygen atoms in total. The van der Waals surface area contributed by atoms with E-state index < -0.39 is 83.2 Å². The lowest BCUT2D eigenvalue weighted by Gasteiger charge is -2.34. The van der Waals surface area contributed by atoms with Crippen LogP contribution in [-0.4, -0.2) is 55.8 Å². The van der Waals surface area contributed by atoms with E-state index in [9.17, 15) is 78.5 Å². The van der Waals surface area contributed by atoms with Crippen LogP contribution in [0.5, 0.6) is 5.75 Å². The quantitative estimate of drug-likeness (QED) is 0.0828. The van der Waals surface area contributed by atoms with Crippen molar-refractivity contribution in [3.05, 3.63) is 84.9 Å². The zero-order valence-electron chi connectivity index (χ0n) is 26.2. The monoisotopic (exact) mass is 836 g/mol. The van der Waals surface area contributed by atoms with Crippen LogP contribution in [0.4, 0.5) is 57.1 Å². The van der Waals surface area contributed by atoms with E-state index in [1.54, 1.807) is 12.1 Å². The fraction of sp³-hybridized carbons (Fsp3) is 0.419. The number of benzene rings is 3. The summed E-state index contributed by atoms with van der Waals surface area (Å²) in [5.74, 6) is -22.3. The van der Waals surface area contributed by atoms with Crippen molar-refractivity contribution in [1.82, 2.24) is 0 Å². The van der Waals surface area contributed by atoms with Crippen molar-refractivity contribution < 1.29 is 82.6 Å². The molecule has 53 heavy (non-hydrogen) atoms. The Morgan fingerprint density at radius 2 is 1.04 bits per heavy atom. The van der Waals surface area contributed by atoms with E-state index in [4.69, 9.17) is 0 Å². The van der Waals surface area contributed by atoms with Gasteiger partial charge in [-0.1, -0.05) is 42.8 Å². The fourth-order valence-electron chi connectivity index (χ4n) is 5.92. The smallest absolute Gasteiger partial charge is 0.460 e. The molecule has 0 spiro atoms. The summed E-state index contributed by atoms with van der Waals surface area (Å²) in [7, 11) is -13.9. The summed E-state index contributed by atoms with van der Waals surface area (Å²) in [6.45, 7) is 0. The molecule has 3 aromatic rings. The Morgan fingerprint density at radius 3 is 1.42 bits per heavy atom. The third kappa shape index (κ3) is 7.82. The van der Waals surface area contributed by atoms with Gasteiger partial charge < -0.3 is 8.74 Å². The summed E-state index contributed by atoms with van der Waals surface area (Å²) < 4.78 is 224. The van der Waals surface area contributed by atoms with Crippen LogP contribution in [0.2, 0.25) is 0 Å². The number of fused-ring (bicyclic) bond motifs is 2. The molecule has 0 amide bonds. The predicted molar refractivity (Wildman–Crippen MR) is 160 cm³/mol. The van der Waals surface area contributed by atoms with Crippen molar-refractivity contribution in [2.45, 2.75) is 74.8 Å². The average molecular weight is 837 g/mol. The average Bonchev–Trinajstić information content (AvgIpc) is 3.70. The maximum atomic E-state index is 14.9. The highest BCUT2D eigenvalue weighted by atomic mass is 32.2. The number of hydrogen-bond donors (Lipinski definition) is 0. The Kier molecular flexibility index (Phi) is 11.6. The van der Waals surface area contributed by atoms with Crippen molar-refractivity contribution in [3.8, 4) is 5.75 Å². The van der Waals surface area contributed by atoms with Gasteiger partial charge in [-0.2, -0.15) is 65.5 Å². The Labute approximate surface area is 296 Å². The third-order valence-electron chi connectivity index (χ3n) is 8.56. The van der Waals surface area contributed by atoms with Crippen LogP contribution in [0, 0.1) is 17.8 Å². The van der Waals surface area contributed by atoms with Crippen LogP contribution in [-0.2, 0) is 31.1 Å². The first-order valence-electron chi connectivity index (χ1n) is 14.9. The van der Waals surface area contributed by atoms with Crippen molar-refractivity contribution >= 4 is 31.1 Å². The fourth-order valence-corrected chi connectivity index (χ4v) is 9.40. The van der Waals surface area contributed by atoms with E-state index in [0.29, 0.717) is 12.8 Å². The summed E-state index contributed by atoms with van der Waals surface area (Å²) in [5.41, 5.74) is 0. The molecule has 3 atom stereocenters. The van der Waals surface area contributed by atoms with Crippen LogP contribution in [0.25, 0.3) is 0 Å². The molecule has 0 aromatic heterocycles. The lowest BCUT2D eigenvalue weighted by atomic mass is 9.84. The van der Waals surface area contributed by atoms with Gasteiger partial charge in [0.15, 0.2) is 24.8 Å². The van der Waals surface area contributed by atoms with E-state index in [-0.39, 0.29) is 12.3 Å². The Bertz CT molecular complexity index is 1900. The molecule has 2 fully saturated rings. The van der Waals surface area contributed by atoms with Crippen LogP contribution in [0.3, 0.4) is 0 Å². The summed E-state index contributed by atoms with van der Waals surface area (Å²) >= 11 is 0. The molecule has 2 aliphatic rings. The minimum absolute atomic E-state index is 0.0409. The first-order chi connectivity index (χ1) is 24.1. The van der Waals surface area contributed by atoms with Gasteiger partial charge in [0, 0.05) is 5.92 Å². The van der Waals surface area contributed by atoms with Gasteiger partial charge in [-0.25, -0.2) is 8.42 Å². The highest BCUT2D eigenvalue weighted by molar-refractivity contribution is 7.97. The van der Waals surface area contributed by atoms with Crippen LogP contribution < -0.4 is 4.18 Å². The predicted octanol–water partition coefficient (Wildman–Crippen LogP) is 9.11. The van der Waals surface area contributed by atoms with E-state index in [1.807, 2.05) is 60.7 Å². The van der Waals surface area contributed by atoms with Crippen LogP contribution in [0.1, 0.15) is 25.7 Å². The topological polar surface area (TPSA) is 101 Å². The maximum Gasteiger partial charge on any atom is 0.460 e. The summed E-state index contributed by atoms with van der Waals surface area (Å²) in [4.78, 5) is 2.79. The van der Waals surface area contributed by atoms with Gasteiger partial charge in [0.25, 0.3) is 0 Å². The summed E-state index contributed by atoms with van der Waals surface area (Å²) in [6.07, 6.45) is -5.65. The van der Waals surface area contributed by atoms with Gasteiger partial charge in [0.2, 0.25) is 0 Å². The van der Waals surface area contributed by atoms with E-state index in [2.05, 4.69) is 4.18 Å². The molecule has 0 heterocycles. The van der Waals surface area contributed by atoms with Crippen LogP contribution >= 0.6 is 0 Å². The Morgan fingerprint density at radius 1 is 0.585 bits per heavy atom. The molecule has 2 aliphatic carbocycles. The number of halogens is 13. The van der Waals surface area contributed by atoms with Crippen molar-refractivity contribution in [3.63, 3.8) is 0 Å². The van der Waals surface area contributed by atoms with E-state index in [0.717, 1.165) is 21.1 Å². The van der Waals surface area contributed by atoms with Crippen molar-refractivity contribution in [2.24, 2.45) is 17.8 Å². The Hall–Kier alpha value is -3.24. The SMILES string of the molecule is O=S(=O)(Oc1ccc([S+](c2ccccc2)c2ccccc2)cc1)C(F)(F)C(F)(F)C1CC2CCC1C2.O=S(=O)([O-])C(F)(F)C(F)(F)C(F)(F)C(F)(F)F. The largest absolute Gasteiger partial charge is 0.743 e. The van der Waals surface area contributed by atoms with E-state index in [1.165, 1.54) is 12.1 Å². The number of hydrogen-bond acceptors (Lipinski definition) is 6. The molecule has 2 saturated carbocycles.